The van der Waals surface area contributed by atoms with Crippen LogP contribution in [0.3, 0.4) is 0 Å². The van der Waals surface area contributed by atoms with Crippen LogP contribution in [-0.2, 0) is 0 Å². The number of nitrogens with one attached hydrogen (secondary N) is 1. The Labute approximate surface area is 113 Å². The minimum atomic E-state index is 0.410. The SMILES string of the molecule is Cc1cc(N(C)C)ccc1Nc1cccc(C#N)n1. The van der Waals surface area contributed by atoms with E-state index in [0.29, 0.717) is 11.5 Å². The summed E-state index contributed by atoms with van der Waals surface area (Å²) in [5.41, 5.74) is 3.69. The van der Waals surface area contributed by atoms with Gasteiger partial charge in [-0.05, 0) is 42.8 Å². The largest absolute Gasteiger partial charge is 0.378 e. The van der Waals surface area contributed by atoms with Crippen LogP contribution < -0.4 is 10.2 Å². The van der Waals surface area contributed by atoms with Crippen molar-refractivity contribution in [3.63, 3.8) is 0 Å². The Morgan fingerprint density at radius 3 is 2.63 bits per heavy atom. The van der Waals surface area contributed by atoms with Crippen LogP contribution in [0, 0.1) is 18.3 Å². The average molecular weight is 252 g/mol. The quantitative estimate of drug-likeness (QED) is 0.912. The predicted molar refractivity (Wildman–Crippen MR) is 77.7 cm³/mol. The van der Waals surface area contributed by atoms with E-state index in [-0.39, 0.29) is 0 Å². The summed E-state index contributed by atoms with van der Waals surface area (Å²) in [5.74, 6) is 0.680. The fraction of sp³-hybridized carbons (Fsp3) is 0.200. The highest BCUT2D eigenvalue weighted by Crippen LogP contribution is 2.23. The number of rotatable bonds is 3. The van der Waals surface area contributed by atoms with Gasteiger partial charge in [-0.15, -0.1) is 0 Å². The Kier molecular flexibility index (Phi) is 3.67. The average Bonchev–Trinajstić information content (AvgIpc) is 2.41. The Balaban J connectivity index is 2.26. The summed E-state index contributed by atoms with van der Waals surface area (Å²) in [5, 5.41) is 12.1. The first-order chi connectivity index (χ1) is 9.10. The molecule has 0 spiro atoms. The fourth-order valence-corrected chi connectivity index (χ4v) is 1.77. The summed E-state index contributed by atoms with van der Waals surface area (Å²) in [4.78, 5) is 6.26. The molecule has 19 heavy (non-hydrogen) atoms. The van der Waals surface area contributed by atoms with Crippen LogP contribution in [0.4, 0.5) is 17.2 Å². The van der Waals surface area contributed by atoms with Gasteiger partial charge in [0.2, 0.25) is 0 Å². The molecule has 0 bridgehead atoms. The van der Waals surface area contributed by atoms with Crippen LogP contribution >= 0.6 is 0 Å². The smallest absolute Gasteiger partial charge is 0.142 e. The van der Waals surface area contributed by atoms with Gasteiger partial charge < -0.3 is 10.2 Å². The molecule has 0 aliphatic carbocycles. The number of nitriles is 1. The molecule has 0 aliphatic rings. The van der Waals surface area contributed by atoms with Gasteiger partial charge in [0.1, 0.15) is 17.6 Å². The Morgan fingerprint density at radius 2 is 2.00 bits per heavy atom. The molecule has 1 aromatic carbocycles. The van der Waals surface area contributed by atoms with E-state index in [0.717, 1.165) is 16.9 Å². The van der Waals surface area contributed by atoms with E-state index >= 15 is 0 Å². The first kappa shape index (κ1) is 12.9. The molecule has 1 heterocycles. The molecule has 2 aromatic rings. The number of aromatic nitrogens is 1. The molecule has 4 nitrogen and oxygen atoms in total. The van der Waals surface area contributed by atoms with Crippen molar-refractivity contribution in [1.29, 1.82) is 5.26 Å². The highest BCUT2D eigenvalue weighted by molar-refractivity contribution is 5.65. The Bertz CT molecular complexity index is 626. The van der Waals surface area contributed by atoms with Crippen molar-refractivity contribution < 1.29 is 0 Å². The molecular weight excluding hydrogens is 236 g/mol. The van der Waals surface area contributed by atoms with Gasteiger partial charge in [0.25, 0.3) is 0 Å². The van der Waals surface area contributed by atoms with Gasteiger partial charge in [0.15, 0.2) is 0 Å². The third-order valence-electron chi connectivity index (χ3n) is 2.85. The van der Waals surface area contributed by atoms with Crippen molar-refractivity contribution >= 4 is 17.2 Å². The van der Waals surface area contributed by atoms with Crippen molar-refractivity contribution in [3.05, 3.63) is 47.7 Å². The van der Waals surface area contributed by atoms with Crippen LogP contribution in [0.5, 0.6) is 0 Å². The van der Waals surface area contributed by atoms with Gasteiger partial charge >= 0.3 is 0 Å². The fourth-order valence-electron chi connectivity index (χ4n) is 1.77. The van der Waals surface area contributed by atoms with Gasteiger partial charge in [-0.25, -0.2) is 4.98 Å². The topological polar surface area (TPSA) is 52.0 Å². The van der Waals surface area contributed by atoms with Crippen molar-refractivity contribution in [3.8, 4) is 6.07 Å². The number of nitrogens with zero attached hydrogens (tertiary/aromatic N) is 3. The van der Waals surface area contributed by atoms with Crippen molar-refractivity contribution in [2.75, 3.05) is 24.3 Å². The van der Waals surface area contributed by atoms with Crippen molar-refractivity contribution in [2.24, 2.45) is 0 Å². The predicted octanol–water partition coefficient (Wildman–Crippen LogP) is 3.07. The number of aryl methyl sites for hydroxylation is 1. The maximum atomic E-state index is 8.83. The second-order valence-corrected chi connectivity index (χ2v) is 4.54. The van der Waals surface area contributed by atoms with E-state index in [2.05, 4.69) is 21.3 Å². The van der Waals surface area contributed by atoms with E-state index in [1.54, 1.807) is 6.07 Å². The van der Waals surface area contributed by atoms with Gasteiger partial charge in [0.05, 0.1) is 0 Å². The molecule has 96 valence electrons. The first-order valence-corrected chi connectivity index (χ1v) is 6.02. The van der Waals surface area contributed by atoms with E-state index in [1.165, 1.54) is 0 Å². The number of anilines is 3. The molecule has 0 fully saturated rings. The van der Waals surface area contributed by atoms with Gasteiger partial charge in [-0.2, -0.15) is 5.26 Å². The molecule has 0 radical (unpaired) electrons. The van der Waals surface area contributed by atoms with Crippen LogP contribution in [0.25, 0.3) is 0 Å². The summed E-state index contributed by atoms with van der Waals surface area (Å²) in [6.45, 7) is 2.05. The highest BCUT2D eigenvalue weighted by atomic mass is 15.1. The molecule has 4 heteroatoms. The lowest BCUT2D eigenvalue weighted by molar-refractivity contribution is 1.13. The molecule has 0 unspecified atom stereocenters. The van der Waals surface area contributed by atoms with Crippen molar-refractivity contribution in [1.82, 2.24) is 4.98 Å². The molecular formula is C15H16N4. The van der Waals surface area contributed by atoms with E-state index in [1.807, 2.05) is 51.4 Å². The van der Waals surface area contributed by atoms with Crippen LogP contribution in [0.1, 0.15) is 11.3 Å². The summed E-state index contributed by atoms with van der Waals surface area (Å²) < 4.78 is 0. The maximum Gasteiger partial charge on any atom is 0.142 e. The van der Waals surface area contributed by atoms with E-state index in [9.17, 15) is 0 Å². The lowest BCUT2D eigenvalue weighted by Gasteiger charge is -2.15. The Morgan fingerprint density at radius 1 is 1.21 bits per heavy atom. The zero-order chi connectivity index (χ0) is 13.8. The number of hydrogen-bond donors (Lipinski definition) is 1. The normalized spacial score (nSPS) is 9.79. The minimum absolute atomic E-state index is 0.410. The monoisotopic (exact) mass is 252 g/mol. The van der Waals surface area contributed by atoms with Crippen LogP contribution in [-0.4, -0.2) is 19.1 Å². The zero-order valence-electron chi connectivity index (χ0n) is 11.3. The molecule has 0 saturated carbocycles. The summed E-state index contributed by atoms with van der Waals surface area (Å²) in [6.07, 6.45) is 0. The van der Waals surface area contributed by atoms with Gasteiger partial charge in [0, 0.05) is 25.5 Å². The molecule has 2 rings (SSSR count). The van der Waals surface area contributed by atoms with Gasteiger partial charge in [-0.1, -0.05) is 6.07 Å². The van der Waals surface area contributed by atoms with Crippen LogP contribution in [0.2, 0.25) is 0 Å². The second-order valence-electron chi connectivity index (χ2n) is 4.54. The van der Waals surface area contributed by atoms with E-state index < -0.39 is 0 Å². The number of benzene rings is 1. The second kappa shape index (κ2) is 5.40. The molecule has 1 N–H and O–H groups in total. The summed E-state index contributed by atoms with van der Waals surface area (Å²) in [6, 6.07) is 13.6. The summed E-state index contributed by atoms with van der Waals surface area (Å²) >= 11 is 0. The molecule has 0 amide bonds. The first-order valence-electron chi connectivity index (χ1n) is 6.02. The molecule has 0 aliphatic heterocycles. The molecule has 1 aromatic heterocycles. The van der Waals surface area contributed by atoms with E-state index in [4.69, 9.17) is 5.26 Å². The minimum Gasteiger partial charge on any atom is -0.378 e. The van der Waals surface area contributed by atoms with Crippen LogP contribution in [0.15, 0.2) is 36.4 Å². The lowest BCUT2D eigenvalue weighted by atomic mass is 10.1. The maximum absolute atomic E-state index is 8.83. The van der Waals surface area contributed by atoms with Crippen molar-refractivity contribution in [2.45, 2.75) is 6.92 Å². The standard InChI is InChI=1S/C15H16N4/c1-11-9-13(19(2)3)7-8-14(11)18-15-6-4-5-12(10-16)17-15/h4-9H,1-3H3,(H,17,18). The highest BCUT2D eigenvalue weighted by Gasteiger charge is 2.03. The third-order valence-corrected chi connectivity index (χ3v) is 2.85. The third kappa shape index (κ3) is 3.02. The molecule has 0 saturated heterocycles. The molecule has 0 atom stereocenters. The number of pyridine rings is 1. The zero-order valence-corrected chi connectivity index (χ0v) is 11.3. The van der Waals surface area contributed by atoms with Gasteiger partial charge in [-0.3, -0.25) is 0 Å². The lowest BCUT2D eigenvalue weighted by Crippen LogP contribution is -2.09. The number of hydrogen-bond acceptors (Lipinski definition) is 4. The summed E-state index contributed by atoms with van der Waals surface area (Å²) in [7, 11) is 4.03. The Hall–Kier alpha value is -2.54.